The minimum absolute atomic E-state index is 0.332. The van der Waals surface area contributed by atoms with E-state index in [0.29, 0.717) is 17.6 Å². The Kier molecular flexibility index (Phi) is 6.26. The molecule has 2 aromatic rings. The third-order valence-corrected chi connectivity index (χ3v) is 8.78. The van der Waals surface area contributed by atoms with Crippen LogP contribution in [0.4, 0.5) is 0 Å². The Morgan fingerprint density at radius 1 is 1.03 bits per heavy atom. The summed E-state index contributed by atoms with van der Waals surface area (Å²) in [5, 5.41) is 11.6. The lowest BCUT2D eigenvalue weighted by molar-refractivity contribution is -0.144. The van der Waals surface area contributed by atoms with Crippen LogP contribution in [-0.4, -0.2) is 21.9 Å². The van der Waals surface area contributed by atoms with Gasteiger partial charge in [0.05, 0.1) is 16.8 Å². The van der Waals surface area contributed by atoms with Crippen LogP contribution in [0.2, 0.25) is 0 Å². The third kappa shape index (κ3) is 4.04. The minimum Gasteiger partial charge on any atom is -0.426 e. The standard InChI is InChI=1S/C26H32O3S/c1-17-8-7-9-18(2)23(17)29-25(28)19(3)24(27)26(30-22-10-5-4-6-11-22)16-20-12-14-21(26)15-13-20/h4-11,19-21,24,27H,12-16H2,1-3H3/t19-,20?,21?,24+,26-/m0/s1. The molecule has 2 bridgehead atoms. The van der Waals surface area contributed by atoms with E-state index in [2.05, 4.69) is 12.1 Å². The first-order valence-corrected chi connectivity index (χ1v) is 11.9. The molecule has 0 saturated heterocycles. The van der Waals surface area contributed by atoms with Crippen LogP contribution in [0.3, 0.4) is 0 Å². The predicted octanol–water partition coefficient (Wildman–Crippen LogP) is 5.95. The van der Waals surface area contributed by atoms with Crippen molar-refractivity contribution >= 4 is 17.7 Å². The second-order valence-corrected chi connectivity index (χ2v) is 10.6. The van der Waals surface area contributed by atoms with Crippen LogP contribution in [0.15, 0.2) is 53.4 Å². The Balaban J connectivity index is 1.60. The molecule has 3 fully saturated rings. The SMILES string of the molecule is Cc1cccc(C)c1OC(=O)[C@@H](C)[C@@H](O)[C@]1(Sc2ccccc2)CC2CCC1CC2. The van der Waals surface area contributed by atoms with Crippen LogP contribution in [0.1, 0.15) is 50.2 Å². The average Bonchev–Trinajstić information content (AvgIpc) is 2.76. The van der Waals surface area contributed by atoms with Gasteiger partial charge in [0.1, 0.15) is 5.75 Å². The van der Waals surface area contributed by atoms with E-state index < -0.39 is 12.0 Å². The van der Waals surface area contributed by atoms with Crippen molar-refractivity contribution < 1.29 is 14.6 Å². The van der Waals surface area contributed by atoms with E-state index in [1.165, 1.54) is 17.7 Å². The van der Waals surface area contributed by atoms with Gasteiger partial charge in [-0.2, -0.15) is 0 Å². The fraction of sp³-hybridized carbons (Fsp3) is 0.500. The van der Waals surface area contributed by atoms with Crippen LogP contribution in [0, 0.1) is 31.6 Å². The predicted molar refractivity (Wildman–Crippen MR) is 122 cm³/mol. The molecule has 0 aromatic heterocycles. The lowest BCUT2D eigenvalue weighted by Gasteiger charge is -2.54. The maximum absolute atomic E-state index is 13.1. The number of rotatable bonds is 6. The summed E-state index contributed by atoms with van der Waals surface area (Å²) in [6.07, 6.45) is 5.00. The summed E-state index contributed by atoms with van der Waals surface area (Å²) in [5.41, 5.74) is 1.88. The number of benzene rings is 2. The number of aliphatic hydroxyl groups is 1. The molecule has 0 heterocycles. The first-order chi connectivity index (χ1) is 14.4. The highest BCUT2D eigenvalue weighted by molar-refractivity contribution is 8.00. The fourth-order valence-electron chi connectivity index (χ4n) is 5.43. The van der Waals surface area contributed by atoms with Gasteiger partial charge in [0.2, 0.25) is 0 Å². The summed E-state index contributed by atoms with van der Waals surface area (Å²) in [5.74, 6) is 0.770. The Morgan fingerprint density at radius 2 is 1.67 bits per heavy atom. The van der Waals surface area contributed by atoms with Gasteiger partial charge < -0.3 is 9.84 Å². The Bertz CT molecular complexity index is 868. The molecule has 30 heavy (non-hydrogen) atoms. The number of aliphatic hydroxyl groups excluding tert-OH is 1. The number of carbonyl (C=O) groups excluding carboxylic acids is 1. The maximum Gasteiger partial charge on any atom is 0.316 e. The highest BCUT2D eigenvalue weighted by atomic mass is 32.2. The molecular weight excluding hydrogens is 392 g/mol. The molecular formula is C26H32O3S. The van der Waals surface area contributed by atoms with Gasteiger partial charge >= 0.3 is 5.97 Å². The van der Waals surface area contributed by atoms with Crippen molar-refractivity contribution in [3.05, 3.63) is 59.7 Å². The van der Waals surface area contributed by atoms with Crippen molar-refractivity contribution in [3.63, 3.8) is 0 Å². The van der Waals surface area contributed by atoms with Crippen molar-refractivity contribution in [2.24, 2.45) is 17.8 Å². The van der Waals surface area contributed by atoms with E-state index in [0.717, 1.165) is 30.4 Å². The number of fused-ring (bicyclic) bond motifs is 3. The Labute approximate surface area is 184 Å². The molecule has 0 spiro atoms. The van der Waals surface area contributed by atoms with Gasteiger partial charge in [0, 0.05) is 4.90 Å². The number of hydrogen-bond acceptors (Lipinski definition) is 4. The zero-order chi connectivity index (χ0) is 21.3. The van der Waals surface area contributed by atoms with Gasteiger partial charge in [0.15, 0.2) is 0 Å². The summed E-state index contributed by atoms with van der Waals surface area (Å²) >= 11 is 1.78. The molecule has 0 aliphatic heterocycles. The van der Waals surface area contributed by atoms with E-state index in [1.807, 2.05) is 57.2 Å². The zero-order valence-electron chi connectivity index (χ0n) is 18.1. The van der Waals surface area contributed by atoms with Crippen molar-refractivity contribution in [3.8, 4) is 5.75 Å². The summed E-state index contributed by atoms with van der Waals surface area (Å²) in [6.45, 7) is 5.73. The number of esters is 1. The molecule has 160 valence electrons. The molecule has 3 aliphatic carbocycles. The van der Waals surface area contributed by atoms with Gasteiger partial charge in [-0.25, -0.2) is 0 Å². The molecule has 3 nitrogen and oxygen atoms in total. The van der Waals surface area contributed by atoms with Crippen LogP contribution < -0.4 is 4.74 Å². The second kappa shape index (κ2) is 8.76. The van der Waals surface area contributed by atoms with Crippen LogP contribution >= 0.6 is 11.8 Å². The highest BCUT2D eigenvalue weighted by Crippen LogP contribution is 2.58. The fourth-order valence-corrected chi connectivity index (χ4v) is 7.21. The molecule has 3 saturated carbocycles. The smallest absolute Gasteiger partial charge is 0.316 e. The molecule has 4 heteroatoms. The van der Waals surface area contributed by atoms with Crippen molar-refractivity contribution in [2.75, 3.05) is 0 Å². The monoisotopic (exact) mass is 424 g/mol. The largest absolute Gasteiger partial charge is 0.426 e. The average molecular weight is 425 g/mol. The topological polar surface area (TPSA) is 46.5 Å². The quantitative estimate of drug-likeness (QED) is 0.460. The van der Waals surface area contributed by atoms with E-state index in [1.54, 1.807) is 11.8 Å². The summed E-state index contributed by atoms with van der Waals surface area (Å²) < 4.78 is 5.49. The molecule has 3 aliphatic rings. The molecule has 5 rings (SSSR count). The van der Waals surface area contributed by atoms with Gasteiger partial charge in [-0.3, -0.25) is 4.79 Å². The Morgan fingerprint density at radius 3 is 2.23 bits per heavy atom. The minimum atomic E-state index is -0.743. The summed E-state index contributed by atoms with van der Waals surface area (Å²) in [4.78, 5) is 14.3. The molecule has 1 N–H and O–H groups in total. The number of aryl methyl sites for hydroxylation is 2. The zero-order valence-corrected chi connectivity index (χ0v) is 19.0. The van der Waals surface area contributed by atoms with Crippen molar-refractivity contribution in [2.45, 2.75) is 68.6 Å². The van der Waals surface area contributed by atoms with E-state index in [-0.39, 0.29) is 10.7 Å². The summed E-state index contributed by atoms with van der Waals surface area (Å²) in [6, 6.07) is 16.2. The number of ether oxygens (including phenoxy) is 1. The highest BCUT2D eigenvalue weighted by Gasteiger charge is 2.54. The first kappa shape index (κ1) is 21.5. The van der Waals surface area contributed by atoms with Crippen LogP contribution in [0.5, 0.6) is 5.75 Å². The molecule has 0 radical (unpaired) electrons. The van der Waals surface area contributed by atoms with Gasteiger partial charge in [0.25, 0.3) is 0 Å². The number of para-hydroxylation sites is 1. The number of carbonyl (C=O) groups is 1. The van der Waals surface area contributed by atoms with Gasteiger partial charge in [-0.05, 0) is 75.1 Å². The van der Waals surface area contributed by atoms with E-state index >= 15 is 0 Å². The summed E-state index contributed by atoms with van der Waals surface area (Å²) in [7, 11) is 0. The Hall–Kier alpha value is -1.78. The third-order valence-electron chi connectivity index (χ3n) is 7.15. The molecule has 0 amide bonds. The van der Waals surface area contributed by atoms with Crippen LogP contribution in [0.25, 0.3) is 0 Å². The van der Waals surface area contributed by atoms with Crippen molar-refractivity contribution in [1.29, 1.82) is 0 Å². The number of hydrogen-bond donors (Lipinski definition) is 1. The molecule has 3 atom stereocenters. The maximum atomic E-state index is 13.1. The lowest BCUT2D eigenvalue weighted by Crippen LogP contribution is -2.56. The second-order valence-electron chi connectivity index (χ2n) is 9.17. The molecule has 2 aromatic carbocycles. The lowest BCUT2D eigenvalue weighted by atomic mass is 9.61. The van der Waals surface area contributed by atoms with Crippen molar-refractivity contribution in [1.82, 2.24) is 0 Å². The van der Waals surface area contributed by atoms with E-state index in [9.17, 15) is 9.90 Å². The van der Waals surface area contributed by atoms with Gasteiger partial charge in [-0.1, -0.05) is 49.2 Å². The number of thioether (sulfide) groups is 1. The van der Waals surface area contributed by atoms with E-state index in [4.69, 9.17) is 4.74 Å². The molecule has 0 unspecified atom stereocenters. The normalized spacial score (nSPS) is 27.5. The van der Waals surface area contributed by atoms with Crippen LogP contribution in [-0.2, 0) is 4.79 Å². The van der Waals surface area contributed by atoms with Gasteiger partial charge in [-0.15, -0.1) is 11.8 Å². The first-order valence-electron chi connectivity index (χ1n) is 11.1.